The Kier molecular flexibility index (Phi) is 3.69. The lowest BCUT2D eigenvalue weighted by Gasteiger charge is -2.25. The van der Waals surface area contributed by atoms with E-state index < -0.39 is 0 Å². The smallest absolute Gasteiger partial charge is 0.178 e. The molecule has 0 saturated carbocycles. The highest BCUT2D eigenvalue weighted by Crippen LogP contribution is 2.28. The van der Waals surface area contributed by atoms with E-state index in [-0.39, 0.29) is 5.78 Å². The van der Waals surface area contributed by atoms with Gasteiger partial charge in [-0.15, -0.1) is 0 Å². The molecule has 3 heterocycles. The van der Waals surface area contributed by atoms with E-state index in [9.17, 15) is 4.79 Å². The number of aryl methyl sites for hydroxylation is 2. The zero-order chi connectivity index (χ0) is 14.3. The zero-order valence-electron chi connectivity index (χ0n) is 12.8. The Hall–Kier alpha value is -1.13. The topological polar surface area (TPSA) is 39.3 Å². The fourth-order valence-electron chi connectivity index (χ4n) is 3.82. The molecule has 2 atom stereocenters. The molecule has 2 unspecified atom stereocenters. The van der Waals surface area contributed by atoms with E-state index in [2.05, 4.69) is 21.8 Å². The van der Waals surface area contributed by atoms with Gasteiger partial charge in [-0.05, 0) is 46.2 Å². The number of H-pyrrole nitrogens is 1. The van der Waals surface area contributed by atoms with Crippen molar-refractivity contribution in [2.75, 3.05) is 26.7 Å². The molecule has 2 aliphatic rings. The number of hydrogen-bond donors (Lipinski definition) is 1. The Morgan fingerprint density at radius 3 is 2.75 bits per heavy atom. The summed E-state index contributed by atoms with van der Waals surface area (Å²) in [6.45, 7) is 6.65. The second-order valence-electron chi connectivity index (χ2n) is 6.49. The molecule has 2 bridgehead atoms. The maximum Gasteiger partial charge on any atom is 0.178 e. The van der Waals surface area contributed by atoms with Gasteiger partial charge in [-0.2, -0.15) is 0 Å². The fourth-order valence-corrected chi connectivity index (χ4v) is 3.82. The van der Waals surface area contributed by atoms with Gasteiger partial charge in [0.2, 0.25) is 0 Å². The van der Waals surface area contributed by atoms with Crippen LogP contribution in [-0.2, 0) is 0 Å². The molecule has 1 aromatic rings. The van der Waals surface area contributed by atoms with Gasteiger partial charge in [0, 0.05) is 42.1 Å². The van der Waals surface area contributed by atoms with Gasteiger partial charge in [-0.1, -0.05) is 0 Å². The van der Waals surface area contributed by atoms with E-state index >= 15 is 0 Å². The summed E-state index contributed by atoms with van der Waals surface area (Å²) in [5.74, 6) is 0.257. The van der Waals surface area contributed by atoms with Crippen LogP contribution in [0.25, 0.3) is 0 Å². The third-order valence-corrected chi connectivity index (χ3v) is 5.05. The largest absolute Gasteiger partial charge is 0.362 e. The van der Waals surface area contributed by atoms with E-state index in [4.69, 9.17) is 0 Å². The lowest BCUT2D eigenvalue weighted by molar-refractivity contribution is 0.0923. The Morgan fingerprint density at radius 2 is 2.05 bits per heavy atom. The molecule has 1 aromatic heterocycles. The first-order valence-corrected chi connectivity index (χ1v) is 7.68. The number of rotatable bonds is 3. The maximum absolute atomic E-state index is 12.5. The summed E-state index contributed by atoms with van der Waals surface area (Å²) in [6.07, 6.45) is 3.82. The Balaban J connectivity index is 1.66. The lowest BCUT2D eigenvalue weighted by Crippen LogP contribution is -2.38. The molecule has 0 amide bonds. The summed E-state index contributed by atoms with van der Waals surface area (Å²) < 4.78 is 0. The molecular weight excluding hydrogens is 250 g/mol. The molecule has 0 spiro atoms. The number of fused-ring (bicyclic) bond motifs is 2. The van der Waals surface area contributed by atoms with E-state index in [1.165, 1.54) is 19.3 Å². The molecule has 2 fully saturated rings. The molecule has 1 N–H and O–H groups in total. The van der Waals surface area contributed by atoms with Crippen LogP contribution >= 0.6 is 0 Å². The summed E-state index contributed by atoms with van der Waals surface area (Å²) in [5.41, 5.74) is 2.94. The van der Waals surface area contributed by atoms with Gasteiger partial charge in [0.05, 0.1) is 6.54 Å². The predicted octanol–water partition coefficient (Wildman–Crippen LogP) is 1.98. The van der Waals surface area contributed by atoms with Gasteiger partial charge in [0.25, 0.3) is 0 Å². The van der Waals surface area contributed by atoms with Crippen LogP contribution < -0.4 is 0 Å². The van der Waals surface area contributed by atoms with Gasteiger partial charge in [0.15, 0.2) is 5.78 Å². The molecule has 2 aliphatic heterocycles. The van der Waals surface area contributed by atoms with Crippen LogP contribution in [0.4, 0.5) is 0 Å². The molecule has 2 saturated heterocycles. The highest BCUT2D eigenvalue weighted by molar-refractivity contribution is 5.98. The first-order chi connectivity index (χ1) is 9.54. The number of nitrogens with zero attached hydrogens (tertiary/aromatic N) is 2. The second-order valence-corrected chi connectivity index (χ2v) is 6.49. The normalized spacial score (nSPS) is 27.8. The average Bonchev–Trinajstić information content (AvgIpc) is 2.83. The standard InChI is InChI=1S/C16H25N3O/c1-11-8-15(12(2)17-11)16(20)10-19-7-6-13-4-5-14(9-19)18(13)3/h8,13-14,17H,4-7,9-10H2,1-3H3. The number of ketones is 1. The summed E-state index contributed by atoms with van der Waals surface area (Å²) in [6, 6.07) is 3.36. The summed E-state index contributed by atoms with van der Waals surface area (Å²) in [4.78, 5) is 20.6. The van der Waals surface area contributed by atoms with E-state index in [0.717, 1.165) is 36.1 Å². The Morgan fingerprint density at radius 1 is 1.30 bits per heavy atom. The van der Waals surface area contributed by atoms with Crippen LogP contribution in [0, 0.1) is 13.8 Å². The van der Waals surface area contributed by atoms with Gasteiger partial charge in [-0.25, -0.2) is 0 Å². The average molecular weight is 275 g/mol. The van der Waals surface area contributed by atoms with Crippen molar-refractivity contribution in [1.29, 1.82) is 0 Å². The number of nitrogens with one attached hydrogen (secondary N) is 1. The molecule has 0 aliphatic carbocycles. The highest BCUT2D eigenvalue weighted by Gasteiger charge is 2.35. The van der Waals surface area contributed by atoms with Crippen molar-refractivity contribution in [3.05, 3.63) is 23.0 Å². The number of likely N-dealkylation sites (tertiary alicyclic amines) is 1. The fraction of sp³-hybridized carbons (Fsp3) is 0.688. The summed E-state index contributed by atoms with van der Waals surface area (Å²) in [7, 11) is 2.24. The Labute approximate surface area is 121 Å². The molecule has 0 radical (unpaired) electrons. The van der Waals surface area contributed by atoms with Crippen LogP contribution in [0.3, 0.4) is 0 Å². The second kappa shape index (κ2) is 5.34. The molecule has 4 nitrogen and oxygen atoms in total. The molecule has 3 rings (SSSR count). The maximum atomic E-state index is 12.5. The van der Waals surface area contributed by atoms with Crippen molar-refractivity contribution in [3.63, 3.8) is 0 Å². The van der Waals surface area contributed by atoms with Gasteiger partial charge in [0.1, 0.15) is 0 Å². The lowest BCUT2D eigenvalue weighted by atomic mass is 10.1. The van der Waals surface area contributed by atoms with Crippen LogP contribution in [-0.4, -0.2) is 59.3 Å². The van der Waals surface area contributed by atoms with E-state index in [1.54, 1.807) is 0 Å². The Bertz CT molecular complexity index is 508. The minimum Gasteiger partial charge on any atom is -0.362 e. The first-order valence-electron chi connectivity index (χ1n) is 7.68. The van der Waals surface area contributed by atoms with Crippen LogP contribution in [0.2, 0.25) is 0 Å². The van der Waals surface area contributed by atoms with Crippen molar-refractivity contribution in [2.24, 2.45) is 0 Å². The molecular formula is C16H25N3O. The molecule has 20 heavy (non-hydrogen) atoms. The van der Waals surface area contributed by atoms with Crippen molar-refractivity contribution in [3.8, 4) is 0 Å². The van der Waals surface area contributed by atoms with Gasteiger partial charge >= 0.3 is 0 Å². The summed E-state index contributed by atoms with van der Waals surface area (Å²) >= 11 is 0. The number of hydrogen-bond acceptors (Lipinski definition) is 3. The number of likely N-dealkylation sites (N-methyl/N-ethyl adjacent to an activating group) is 1. The SMILES string of the molecule is Cc1cc(C(=O)CN2CCC3CCC(C2)N3C)c(C)[nH]1. The predicted molar refractivity (Wildman–Crippen MR) is 80.2 cm³/mol. The van der Waals surface area contributed by atoms with Crippen molar-refractivity contribution >= 4 is 5.78 Å². The molecule has 0 aromatic carbocycles. The van der Waals surface area contributed by atoms with Crippen LogP contribution in [0.1, 0.15) is 41.0 Å². The zero-order valence-corrected chi connectivity index (χ0v) is 12.8. The van der Waals surface area contributed by atoms with E-state index in [1.807, 2.05) is 19.9 Å². The van der Waals surface area contributed by atoms with E-state index in [0.29, 0.717) is 12.6 Å². The van der Waals surface area contributed by atoms with Crippen molar-refractivity contribution < 1.29 is 4.79 Å². The van der Waals surface area contributed by atoms with Crippen molar-refractivity contribution in [1.82, 2.24) is 14.8 Å². The molecule has 4 heteroatoms. The number of carbonyl (C=O) groups is 1. The first kappa shape index (κ1) is 13.8. The number of aromatic nitrogens is 1. The van der Waals surface area contributed by atoms with Gasteiger partial charge in [-0.3, -0.25) is 14.6 Å². The minimum atomic E-state index is 0.257. The number of aromatic amines is 1. The van der Waals surface area contributed by atoms with Crippen molar-refractivity contribution in [2.45, 2.75) is 45.2 Å². The quantitative estimate of drug-likeness (QED) is 0.857. The minimum absolute atomic E-state index is 0.257. The van der Waals surface area contributed by atoms with Crippen LogP contribution in [0.15, 0.2) is 6.07 Å². The third kappa shape index (κ3) is 2.54. The number of Topliss-reactive ketones (excluding diaryl/α,β-unsaturated/α-hetero) is 1. The van der Waals surface area contributed by atoms with Gasteiger partial charge < -0.3 is 4.98 Å². The van der Waals surface area contributed by atoms with Crippen LogP contribution in [0.5, 0.6) is 0 Å². The summed E-state index contributed by atoms with van der Waals surface area (Å²) in [5, 5.41) is 0. The third-order valence-electron chi connectivity index (χ3n) is 5.05. The highest BCUT2D eigenvalue weighted by atomic mass is 16.1. The molecule has 110 valence electrons. The monoisotopic (exact) mass is 275 g/mol. The number of carbonyl (C=O) groups excluding carboxylic acids is 1.